The monoisotopic (exact) mass is 306 g/mol. The molecule has 0 aromatic carbocycles. The SMILES string of the molecule is CCc1c(C(C)(C)C)[nH]c(CNc2ccnc(Cl)n2)c1C. The molecule has 0 aliphatic heterocycles. The van der Waals surface area contributed by atoms with Gasteiger partial charge in [-0.05, 0) is 42.1 Å². The Morgan fingerprint density at radius 2 is 2.05 bits per heavy atom. The van der Waals surface area contributed by atoms with E-state index in [9.17, 15) is 0 Å². The molecule has 0 spiro atoms. The number of aromatic amines is 1. The molecule has 0 amide bonds. The normalized spacial score (nSPS) is 11.7. The van der Waals surface area contributed by atoms with E-state index in [4.69, 9.17) is 11.6 Å². The Morgan fingerprint density at radius 1 is 1.33 bits per heavy atom. The molecule has 0 radical (unpaired) electrons. The molecule has 2 rings (SSSR count). The van der Waals surface area contributed by atoms with Crippen LogP contribution in [0.5, 0.6) is 0 Å². The number of rotatable bonds is 4. The zero-order valence-corrected chi connectivity index (χ0v) is 14.1. The third-order valence-corrected chi connectivity index (χ3v) is 3.84. The van der Waals surface area contributed by atoms with Gasteiger partial charge in [0.25, 0.3) is 0 Å². The van der Waals surface area contributed by atoms with Crippen LogP contribution < -0.4 is 5.32 Å². The smallest absolute Gasteiger partial charge is 0.224 e. The third kappa shape index (κ3) is 3.56. The summed E-state index contributed by atoms with van der Waals surface area (Å²) in [6, 6.07) is 1.82. The van der Waals surface area contributed by atoms with Gasteiger partial charge in [-0.15, -0.1) is 0 Å². The highest BCUT2D eigenvalue weighted by atomic mass is 35.5. The summed E-state index contributed by atoms with van der Waals surface area (Å²) in [6.45, 7) is 11.8. The van der Waals surface area contributed by atoms with Crippen LogP contribution in [0.1, 0.15) is 50.2 Å². The van der Waals surface area contributed by atoms with Crippen molar-refractivity contribution in [1.82, 2.24) is 15.0 Å². The summed E-state index contributed by atoms with van der Waals surface area (Å²) in [5.41, 5.74) is 5.38. The molecular weight excluding hydrogens is 284 g/mol. The van der Waals surface area contributed by atoms with Crippen LogP contribution in [0.4, 0.5) is 5.82 Å². The van der Waals surface area contributed by atoms with Crippen LogP contribution in [0.25, 0.3) is 0 Å². The van der Waals surface area contributed by atoms with Crippen LogP contribution in [0.3, 0.4) is 0 Å². The number of H-pyrrole nitrogens is 1. The number of hydrogen-bond donors (Lipinski definition) is 2. The number of nitrogens with one attached hydrogen (secondary N) is 2. The van der Waals surface area contributed by atoms with Crippen LogP contribution in [0, 0.1) is 6.92 Å². The molecule has 2 aromatic heterocycles. The molecule has 114 valence electrons. The van der Waals surface area contributed by atoms with Crippen molar-refractivity contribution < 1.29 is 0 Å². The topological polar surface area (TPSA) is 53.6 Å². The zero-order valence-electron chi connectivity index (χ0n) is 13.3. The number of hydrogen-bond acceptors (Lipinski definition) is 3. The summed E-state index contributed by atoms with van der Waals surface area (Å²) in [4.78, 5) is 11.6. The average Bonchev–Trinajstić information content (AvgIpc) is 2.73. The van der Waals surface area contributed by atoms with E-state index in [1.54, 1.807) is 6.20 Å². The molecule has 5 heteroatoms. The van der Waals surface area contributed by atoms with Gasteiger partial charge in [0.2, 0.25) is 5.28 Å². The number of aromatic nitrogens is 3. The van der Waals surface area contributed by atoms with E-state index in [1.165, 1.54) is 22.5 Å². The summed E-state index contributed by atoms with van der Waals surface area (Å²) >= 11 is 5.80. The molecule has 0 unspecified atom stereocenters. The molecule has 2 N–H and O–H groups in total. The highest BCUT2D eigenvalue weighted by Crippen LogP contribution is 2.30. The summed E-state index contributed by atoms with van der Waals surface area (Å²) in [7, 11) is 0. The Hall–Kier alpha value is -1.55. The second kappa shape index (κ2) is 6.06. The summed E-state index contributed by atoms with van der Waals surface area (Å²) < 4.78 is 0. The van der Waals surface area contributed by atoms with Crippen molar-refractivity contribution in [2.24, 2.45) is 0 Å². The maximum Gasteiger partial charge on any atom is 0.224 e. The van der Waals surface area contributed by atoms with E-state index >= 15 is 0 Å². The number of nitrogens with zero attached hydrogens (tertiary/aromatic N) is 2. The van der Waals surface area contributed by atoms with Crippen LogP contribution in [-0.4, -0.2) is 15.0 Å². The second-order valence-corrected chi connectivity index (χ2v) is 6.59. The van der Waals surface area contributed by atoms with Crippen LogP contribution >= 0.6 is 11.6 Å². The molecule has 0 saturated heterocycles. The van der Waals surface area contributed by atoms with E-state index in [0.717, 1.165) is 12.2 Å². The lowest BCUT2D eigenvalue weighted by atomic mass is 9.88. The first-order chi connectivity index (χ1) is 9.82. The van der Waals surface area contributed by atoms with Gasteiger partial charge in [-0.1, -0.05) is 27.7 Å². The lowest BCUT2D eigenvalue weighted by Crippen LogP contribution is -2.14. The van der Waals surface area contributed by atoms with Gasteiger partial charge in [0.15, 0.2) is 0 Å². The first-order valence-corrected chi connectivity index (χ1v) is 7.64. The third-order valence-electron chi connectivity index (χ3n) is 3.66. The lowest BCUT2D eigenvalue weighted by Gasteiger charge is -2.19. The Morgan fingerprint density at radius 3 is 2.57 bits per heavy atom. The van der Waals surface area contributed by atoms with Crippen molar-refractivity contribution in [2.75, 3.05) is 5.32 Å². The van der Waals surface area contributed by atoms with Crippen molar-refractivity contribution in [3.63, 3.8) is 0 Å². The summed E-state index contributed by atoms with van der Waals surface area (Å²) in [5, 5.41) is 3.55. The van der Waals surface area contributed by atoms with Gasteiger partial charge in [0.1, 0.15) is 5.82 Å². The van der Waals surface area contributed by atoms with E-state index in [1.807, 2.05) is 6.07 Å². The molecule has 4 nitrogen and oxygen atoms in total. The van der Waals surface area contributed by atoms with E-state index < -0.39 is 0 Å². The zero-order chi connectivity index (χ0) is 15.6. The fourth-order valence-electron chi connectivity index (χ4n) is 2.56. The average molecular weight is 307 g/mol. The van der Waals surface area contributed by atoms with Gasteiger partial charge in [-0.2, -0.15) is 0 Å². The highest BCUT2D eigenvalue weighted by molar-refractivity contribution is 6.28. The van der Waals surface area contributed by atoms with Gasteiger partial charge in [-0.25, -0.2) is 9.97 Å². The molecule has 2 heterocycles. The first kappa shape index (κ1) is 15.8. The summed E-state index contributed by atoms with van der Waals surface area (Å²) in [6.07, 6.45) is 2.69. The molecule has 0 aliphatic rings. The van der Waals surface area contributed by atoms with E-state index in [2.05, 4.69) is 54.9 Å². The van der Waals surface area contributed by atoms with Gasteiger partial charge in [0.05, 0.1) is 6.54 Å². The minimum Gasteiger partial charge on any atom is -0.364 e. The van der Waals surface area contributed by atoms with Crippen molar-refractivity contribution >= 4 is 17.4 Å². The minimum atomic E-state index is 0.118. The Kier molecular flexibility index (Phi) is 4.57. The standard InChI is InChI=1S/C16H23ClN4/c1-6-11-10(2)12(20-14(11)16(3,4)5)9-19-13-7-8-18-15(17)21-13/h7-8,20H,6,9H2,1-5H3,(H,18,19,21). The predicted octanol–water partition coefficient (Wildman–Crippen LogP) is 4.24. The molecular formula is C16H23ClN4. The Bertz CT molecular complexity index is 626. The number of halogens is 1. The largest absolute Gasteiger partial charge is 0.364 e. The molecule has 0 atom stereocenters. The molecule has 0 bridgehead atoms. The molecule has 0 saturated carbocycles. The van der Waals surface area contributed by atoms with E-state index in [-0.39, 0.29) is 10.7 Å². The highest BCUT2D eigenvalue weighted by Gasteiger charge is 2.22. The maximum absolute atomic E-state index is 5.80. The molecule has 21 heavy (non-hydrogen) atoms. The molecule has 0 aliphatic carbocycles. The molecule has 2 aromatic rings. The van der Waals surface area contributed by atoms with E-state index in [0.29, 0.717) is 6.54 Å². The predicted molar refractivity (Wildman–Crippen MR) is 88.0 cm³/mol. The quantitative estimate of drug-likeness (QED) is 0.831. The second-order valence-electron chi connectivity index (χ2n) is 6.25. The summed E-state index contributed by atoms with van der Waals surface area (Å²) in [5.74, 6) is 0.736. The van der Waals surface area contributed by atoms with Crippen LogP contribution in [0.15, 0.2) is 12.3 Å². The van der Waals surface area contributed by atoms with Gasteiger partial charge in [-0.3, -0.25) is 0 Å². The first-order valence-electron chi connectivity index (χ1n) is 7.26. The van der Waals surface area contributed by atoms with Gasteiger partial charge < -0.3 is 10.3 Å². The van der Waals surface area contributed by atoms with Gasteiger partial charge in [0, 0.05) is 23.0 Å². The fraction of sp³-hybridized carbons (Fsp3) is 0.500. The van der Waals surface area contributed by atoms with Crippen LogP contribution in [-0.2, 0) is 18.4 Å². The van der Waals surface area contributed by atoms with Crippen molar-refractivity contribution in [3.8, 4) is 0 Å². The van der Waals surface area contributed by atoms with Crippen molar-refractivity contribution in [3.05, 3.63) is 40.1 Å². The molecule has 0 fully saturated rings. The van der Waals surface area contributed by atoms with Crippen molar-refractivity contribution in [1.29, 1.82) is 0 Å². The fourth-order valence-corrected chi connectivity index (χ4v) is 2.71. The van der Waals surface area contributed by atoms with Crippen LogP contribution in [0.2, 0.25) is 5.28 Å². The van der Waals surface area contributed by atoms with Crippen molar-refractivity contribution in [2.45, 2.75) is 53.0 Å². The Balaban J connectivity index is 2.23. The van der Waals surface area contributed by atoms with Gasteiger partial charge >= 0.3 is 0 Å². The minimum absolute atomic E-state index is 0.118. The lowest BCUT2D eigenvalue weighted by molar-refractivity contribution is 0.564. The number of anilines is 1. The Labute approximate surface area is 131 Å². The maximum atomic E-state index is 5.80.